The number of hydrogen-bond acceptors (Lipinski definition) is 3. The van der Waals surface area contributed by atoms with Crippen molar-refractivity contribution in [1.29, 1.82) is 5.26 Å². The predicted molar refractivity (Wildman–Crippen MR) is 78.0 cm³/mol. The second kappa shape index (κ2) is 8.88. The van der Waals surface area contributed by atoms with Crippen molar-refractivity contribution in [3.8, 4) is 11.8 Å². The van der Waals surface area contributed by atoms with Crippen LogP contribution in [0.25, 0.3) is 0 Å². The minimum absolute atomic E-state index is 0.673. The first-order chi connectivity index (χ1) is 8.72. The van der Waals surface area contributed by atoms with Crippen LogP contribution in [0.5, 0.6) is 5.75 Å². The first kappa shape index (κ1) is 14.9. The Labute approximate surface area is 114 Å². The molecular formula is C15H21NOS. The van der Waals surface area contributed by atoms with Gasteiger partial charge in [0, 0.05) is 0 Å². The minimum atomic E-state index is 0.673. The fourth-order valence-corrected chi connectivity index (χ4v) is 2.56. The monoisotopic (exact) mass is 263 g/mol. The highest BCUT2D eigenvalue weighted by Gasteiger charge is 1.96. The van der Waals surface area contributed by atoms with Crippen molar-refractivity contribution in [2.75, 3.05) is 18.1 Å². The van der Waals surface area contributed by atoms with Gasteiger partial charge < -0.3 is 4.74 Å². The Kier molecular flexibility index (Phi) is 7.36. The van der Waals surface area contributed by atoms with E-state index < -0.39 is 0 Å². The second-order valence-corrected chi connectivity index (χ2v) is 5.86. The van der Waals surface area contributed by atoms with Crippen LogP contribution in [0.1, 0.15) is 32.3 Å². The summed E-state index contributed by atoms with van der Waals surface area (Å²) in [4.78, 5) is 0. The van der Waals surface area contributed by atoms with E-state index in [1.807, 2.05) is 23.9 Å². The average molecular weight is 263 g/mol. The zero-order valence-corrected chi connectivity index (χ0v) is 12.0. The molecule has 2 nitrogen and oxygen atoms in total. The Bertz CT molecular complexity index is 367. The molecule has 1 aromatic rings. The van der Waals surface area contributed by atoms with Crippen LogP contribution in [0, 0.1) is 17.2 Å². The van der Waals surface area contributed by atoms with Gasteiger partial charge in [-0.05, 0) is 54.5 Å². The number of nitrogens with zero attached hydrogens (tertiary/aromatic N) is 1. The predicted octanol–water partition coefficient (Wildman–Crippen LogP) is 4.11. The number of thioether (sulfide) groups is 1. The number of rotatable bonds is 8. The van der Waals surface area contributed by atoms with Crippen molar-refractivity contribution >= 4 is 11.8 Å². The molecule has 3 heteroatoms. The molecule has 0 aliphatic carbocycles. The largest absolute Gasteiger partial charge is 0.494 e. The molecule has 98 valence electrons. The summed E-state index contributed by atoms with van der Waals surface area (Å²) < 4.78 is 5.61. The van der Waals surface area contributed by atoms with Crippen molar-refractivity contribution in [3.63, 3.8) is 0 Å². The number of ether oxygens (including phenoxy) is 1. The minimum Gasteiger partial charge on any atom is -0.494 e. The molecule has 1 rings (SSSR count). The Balaban J connectivity index is 2.05. The molecule has 0 bridgehead atoms. The maximum atomic E-state index is 8.67. The van der Waals surface area contributed by atoms with E-state index in [-0.39, 0.29) is 0 Å². The van der Waals surface area contributed by atoms with Gasteiger partial charge in [0.2, 0.25) is 0 Å². The van der Waals surface area contributed by atoms with E-state index in [1.165, 1.54) is 12.2 Å². The van der Waals surface area contributed by atoms with Crippen molar-refractivity contribution in [1.82, 2.24) is 0 Å². The van der Waals surface area contributed by atoms with Gasteiger partial charge in [-0.15, -0.1) is 0 Å². The maximum absolute atomic E-state index is 8.67. The summed E-state index contributed by atoms with van der Waals surface area (Å²) in [7, 11) is 0. The Morgan fingerprint density at radius 2 is 1.94 bits per heavy atom. The molecule has 1 aromatic carbocycles. The fourth-order valence-electron chi connectivity index (χ4n) is 1.40. The summed E-state index contributed by atoms with van der Waals surface area (Å²) in [5.41, 5.74) is 0.673. The molecule has 0 aliphatic rings. The number of benzene rings is 1. The molecule has 0 spiro atoms. The maximum Gasteiger partial charge on any atom is 0.119 e. The highest BCUT2D eigenvalue weighted by atomic mass is 32.2. The third kappa shape index (κ3) is 6.56. The van der Waals surface area contributed by atoms with Gasteiger partial charge in [-0.1, -0.05) is 13.8 Å². The normalized spacial score (nSPS) is 10.3. The zero-order chi connectivity index (χ0) is 13.2. The van der Waals surface area contributed by atoms with Gasteiger partial charge in [-0.3, -0.25) is 0 Å². The molecule has 0 radical (unpaired) electrons. The quantitative estimate of drug-likeness (QED) is 0.662. The topological polar surface area (TPSA) is 33.0 Å². The van der Waals surface area contributed by atoms with Crippen LogP contribution in [0.2, 0.25) is 0 Å². The van der Waals surface area contributed by atoms with E-state index in [2.05, 4.69) is 19.9 Å². The number of nitriles is 1. The van der Waals surface area contributed by atoms with Gasteiger partial charge in [-0.2, -0.15) is 17.0 Å². The van der Waals surface area contributed by atoms with Crippen LogP contribution in [0.4, 0.5) is 0 Å². The van der Waals surface area contributed by atoms with E-state index in [9.17, 15) is 0 Å². The Morgan fingerprint density at radius 3 is 2.56 bits per heavy atom. The lowest BCUT2D eigenvalue weighted by Crippen LogP contribution is -1.99. The molecule has 0 saturated heterocycles. The van der Waals surface area contributed by atoms with E-state index >= 15 is 0 Å². The molecule has 0 aromatic heterocycles. The van der Waals surface area contributed by atoms with Crippen LogP contribution >= 0.6 is 11.8 Å². The van der Waals surface area contributed by atoms with Gasteiger partial charge in [0.05, 0.1) is 18.2 Å². The summed E-state index contributed by atoms with van der Waals surface area (Å²) in [5.74, 6) is 4.05. The fraction of sp³-hybridized carbons (Fsp3) is 0.533. The van der Waals surface area contributed by atoms with Crippen LogP contribution in [0.15, 0.2) is 24.3 Å². The first-order valence-corrected chi connectivity index (χ1v) is 7.58. The number of hydrogen-bond donors (Lipinski definition) is 0. The Morgan fingerprint density at radius 1 is 1.22 bits per heavy atom. The SMILES string of the molecule is CC(C)CCSCCCOc1ccc(C#N)cc1. The molecule has 0 atom stereocenters. The smallest absolute Gasteiger partial charge is 0.119 e. The lowest BCUT2D eigenvalue weighted by atomic mass is 10.2. The van der Waals surface area contributed by atoms with Gasteiger partial charge in [0.1, 0.15) is 5.75 Å². The van der Waals surface area contributed by atoms with E-state index in [0.717, 1.165) is 30.4 Å². The highest BCUT2D eigenvalue weighted by Crippen LogP contribution is 2.13. The molecule has 0 N–H and O–H groups in total. The van der Waals surface area contributed by atoms with Gasteiger partial charge >= 0.3 is 0 Å². The second-order valence-electron chi connectivity index (χ2n) is 4.63. The molecule has 18 heavy (non-hydrogen) atoms. The van der Waals surface area contributed by atoms with E-state index in [0.29, 0.717) is 5.56 Å². The van der Waals surface area contributed by atoms with E-state index in [1.54, 1.807) is 12.1 Å². The van der Waals surface area contributed by atoms with Gasteiger partial charge in [0.25, 0.3) is 0 Å². The summed E-state index contributed by atoms with van der Waals surface area (Å²) in [6.07, 6.45) is 2.36. The van der Waals surface area contributed by atoms with Crippen LogP contribution in [-0.4, -0.2) is 18.1 Å². The van der Waals surface area contributed by atoms with Gasteiger partial charge in [0.15, 0.2) is 0 Å². The molecule has 0 saturated carbocycles. The van der Waals surface area contributed by atoms with Crippen LogP contribution < -0.4 is 4.74 Å². The first-order valence-electron chi connectivity index (χ1n) is 6.43. The average Bonchev–Trinajstić information content (AvgIpc) is 2.38. The van der Waals surface area contributed by atoms with Gasteiger partial charge in [-0.25, -0.2) is 0 Å². The summed E-state index contributed by atoms with van der Waals surface area (Å²) in [6, 6.07) is 9.37. The van der Waals surface area contributed by atoms with E-state index in [4.69, 9.17) is 10.00 Å². The highest BCUT2D eigenvalue weighted by molar-refractivity contribution is 7.99. The van der Waals surface area contributed by atoms with Crippen LogP contribution in [0.3, 0.4) is 0 Å². The summed E-state index contributed by atoms with van der Waals surface area (Å²) in [5, 5.41) is 8.67. The third-order valence-corrected chi connectivity index (χ3v) is 3.63. The zero-order valence-electron chi connectivity index (χ0n) is 11.2. The molecule has 0 fully saturated rings. The molecule has 0 amide bonds. The summed E-state index contributed by atoms with van der Waals surface area (Å²) >= 11 is 2.00. The Hall–Kier alpha value is -1.14. The molecule has 0 aliphatic heterocycles. The van der Waals surface area contributed by atoms with Crippen molar-refractivity contribution < 1.29 is 4.74 Å². The third-order valence-electron chi connectivity index (χ3n) is 2.52. The van der Waals surface area contributed by atoms with Crippen LogP contribution in [-0.2, 0) is 0 Å². The van der Waals surface area contributed by atoms with Crippen molar-refractivity contribution in [2.45, 2.75) is 26.7 Å². The van der Waals surface area contributed by atoms with Crippen molar-refractivity contribution in [2.24, 2.45) is 5.92 Å². The lowest BCUT2D eigenvalue weighted by Gasteiger charge is -2.06. The molecular weight excluding hydrogens is 242 g/mol. The molecule has 0 heterocycles. The summed E-state index contributed by atoms with van der Waals surface area (Å²) in [6.45, 7) is 5.27. The lowest BCUT2D eigenvalue weighted by molar-refractivity contribution is 0.318. The van der Waals surface area contributed by atoms with Crippen molar-refractivity contribution in [3.05, 3.63) is 29.8 Å². The standard InChI is InChI=1S/C15H21NOS/c1-13(2)8-11-18-10-3-9-17-15-6-4-14(12-16)5-7-15/h4-7,13H,3,8-11H2,1-2H3. The molecule has 0 unspecified atom stereocenters.